The molecule has 58 valence electrons. The third-order valence-corrected chi connectivity index (χ3v) is 1.38. The normalized spacial score (nSPS) is 30.9. The standard InChI is InChI=1S/C5H9NO4/c7-2-3-1-4(6-3)10-5(8)9/h3-4,6-7H,1-2H2,(H,8,9)/t3-,4-/m1/s1. The van der Waals surface area contributed by atoms with Crippen molar-refractivity contribution in [1.29, 1.82) is 0 Å². The number of carbonyl (C=O) groups is 1. The Hall–Kier alpha value is -0.810. The fourth-order valence-corrected chi connectivity index (χ4v) is 0.828. The van der Waals surface area contributed by atoms with Crippen LogP contribution >= 0.6 is 0 Å². The molecule has 0 aliphatic carbocycles. The van der Waals surface area contributed by atoms with E-state index in [1.807, 2.05) is 0 Å². The van der Waals surface area contributed by atoms with Crippen LogP contribution in [0.1, 0.15) is 6.42 Å². The molecule has 10 heavy (non-hydrogen) atoms. The molecule has 0 bridgehead atoms. The summed E-state index contributed by atoms with van der Waals surface area (Å²) in [5.41, 5.74) is 0. The van der Waals surface area contributed by atoms with E-state index in [0.29, 0.717) is 6.42 Å². The summed E-state index contributed by atoms with van der Waals surface area (Å²) in [6.45, 7) is 0.0273. The molecule has 1 heterocycles. The zero-order chi connectivity index (χ0) is 7.56. The molecule has 5 nitrogen and oxygen atoms in total. The van der Waals surface area contributed by atoms with Gasteiger partial charge < -0.3 is 14.9 Å². The van der Waals surface area contributed by atoms with Crippen LogP contribution in [0.5, 0.6) is 0 Å². The van der Waals surface area contributed by atoms with Crippen LogP contribution in [0.4, 0.5) is 4.79 Å². The van der Waals surface area contributed by atoms with Gasteiger partial charge in [0.2, 0.25) is 0 Å². The van der Waals surface area contributed by atoms with Gasteiger partial charge in [0.25, 0.3) is 0 Å². The lowest BCUT2D eigenvalue weighted by molar-refractivity contribution is -0.0277. The van der Waals surface area contributed by atoms with Gasteiger partial charge in [0.15, 0.2) is 6.23 Å². The Morgan fingerprint density at radius 2 is 2.40 bits per heavy atom. The Kier molecular flexibility index (Phi) is 2.08. The molecular formula is C5H9NO4. The number of carboxylic acid groups (broad SMARTS) is 1. The van der Waals surface area contributed by atoms with E-state index in [1.54, 1.807) is 0 Å². The summed E-state index contributed by atoms with van der Waals surface area (Å²) in [5.74, 6) is 0. The van der Waals surface area contributed by atoms with Crippen LogP contribution < -0.4 is 5.32 Å². The second-order valence-corrected chi connectivity index (χ2v) is 2.15. The van der Waals surface area contributed by atoms with Crippen molar-refractivity contribution in [2.75, 3.05) is 6.61 Å². The van der Waals surface area contributed by atoms with E-state index in [-0.39, 0.29) is 12.6 Å². The number of aliphatic hydroxyl groups is 1. The Bertz CT molecular complexity index is 132. The molecule has 2 atom stereocenters. The van der Waals surface area contributed by atoms with Gasteiger partial charge in [-0.25, -0.2) is 4.79 Å². The third kappa shape index (κ3) is 1.58. The highest BCUT2D eigenvalue weighted by atomic mass is 16.7. The minimum atomic E-state index is -1.28. The third-order valence-electron chi connectivity index (χ3n) is 1.38. The Morgan fingerprint density at radius 1 is 1.80 bits per heavy atom. The molecule has 1 rings (SSSR count). The van der Waals surface area contributed by atoms with E-state index in [9.17, 15) is 4.79 Å². The second-order valence-electron chi connectivity index (χ2n) is 2.15. The van der Waals surface area contributed by atoms with Gasteiger partial charge in [-0.1, -0.05) is 0 Å². The summed E-state index contributed by atoms with van der Waals surface area (Å²) in [6.07, 6.45) is -1.15. The van der Waals surface area contributed by atoms with Crippen molar-refractivity contribution in [3.8, 4) is 0 Å². The molecule has 0 aromatic rings. The molecule has 0 unspecified atom stereocenters. The van der Waals surface area contributed by atoms with Gasteiger partial charge in [-0.05, 0) is 0 Å². The average Bonchev–Trinajstić information content (AvgIpc) is 1.76. The number of ether oxygens (including phenoxy) is 1. The van der Waals surface area contributed by atoms with Crippen molar-refractivity contribution in [2.24, 2.45) is 0 Å². The smallest absolute Gasteiger partial charge is 0.450 e. The monoisotopic (exact) mass is 147 g/mol. The molecule has 1 aliphatic heterocycles. The first-order chi connectivity index (χ1) is 4.72. The maximum absolute atomic E-state index is 9.87. The lowest BCUT2D eigenvalue weighted by Crippen LogP contribution is -2.55. The SMILES string of the molecule is O=C(O)O[C@@H]1C[C@H](CO)N1. The van der Waals surface area contributed by atoms with Crippen LogP contribution in [0.3, 0.4) is 0 Å². The fraction of sp³-hybridized carbons (Fsp3) is 0.800. The second kappa shape index (κ2) is 2.85. The Morgan fingerprint density at radius 3 is 2.80 bits per heavy atom. The zero-order valence-corrected chi connectivity index (χ0v) is 5.28. The van der Waals surface area contributed by atoms with Crippen molar-refractivity contribution in [2.45, 2.75) is 18.7 Å². The molecule has 0 amide bonds. The number of nitrogens with one attached hydrogen (secondary N) is 1. The summed E-state index contributed by atoms with van der Waals surface area (Å²) in [5, 5.41) is 19.3. The lowest BCUT2D eigenvalue weighted by Gasteiger charge is -2.33. The van der Waals surface area contributed by atoms with Crippen LogP contribution in [0.25, 0.3) is 0 Å². The molecule has 0 spiro atoms. The summed E-state index contributed by atoms with van der Waals surface area (Å²) in [6, 6.07) is 0.00403. The molecular weight excluding hydrogens is 138 g/mol. The van der Waals surface area contributed by atoms with E-state index < -0.39 is 12.4 Å². The van der Waals surface area contributed by atoms with Crippen LogP contribution in [-0.4, -0.2) is 35.2 Å². The highest BCUT2D eigenvalue weighted by Crippen LogP contribution is 2.11. The van der Waals surface area contributed by atoms with Gasteiger partial charge in [0.1, 0.15) is 0 Å². The van der Waals surface area contributed by atoms with Crippen molar-refractivity contribution in [1.82, 2.24) is 5.32 Å². The van der Waals surface area contributed by atoms with E-state index in [2.05, 4.69) is 10.1 Å². The number of aliphatic hydroxyl groups excluding tert-OH is 1. The van der Waals surface area contributed by atoms with Gasteiger partial charge >= 0.3 is 6.16 Å². The van der Waals surface area contributed by atoms with Crippen molar-refractivity contribution in [3.05, 3.63) is 0 Å². The minimum Gasteiger partial charge on any atom is -0.450 e. The lowest BCUT2D eigenvalue weighted by atomic mass is 10.1. The first-order valence-electron chi connectivity index (χ1n) is 2.99. The topological polar surface area (TPSA) is 78.8 Å². The predicted octanol–water partition coefficient (Wildman–Crippen LogP) is -0.639. The van der Waals surface area contributed by atoms with E-state index in [1.165, 1.54) is 0 Å². The molecule has 0 aromatic carbocycles. The minimum absolute atomic E-state index is 0.00403. The van der Waals surface area contributed by atoms with Gasteiger partial charge in [0.05, 0.1) is 6.61 Å². The molecule has 1 aliphatic rings. The maximum Gasteiger partial charge on any atom is 0.507 e. The van der Waals surface area contributed by atoms with Crippen LogP contribution in [0, 0.1) is 0 Å². The molecule has 0 saturated carbocycles. The molecule has 0 radical (unpaired) electrons. The fourth-order valence-electron chi connectivity index (χ4n) is 0.828. The molecule has 1 saturated heterocycles. The zero-order valence-electron chi connectivity index (χ0n) is 5.28. The van der Waals surface area contributed by atoms with E-state index in [0.717, 1.165) is 0 Å². The van der Waals surface area contributed by atoms with Gasteiger partial charge in [-0.3, -0.25) is 5.32 Å². The quantitative estimate of drug-likeness (QED) is 0.453. The van der Waals surface area contributed by atoms with Crippen molar-refractivity contribution >= 4 is 6.16 Å². The van der Waals surface area contributed by atoms with Gasteiger partial charge in [-0.15, -0.1) is 0 Å². The Balaban J connectivity index is 2.08. The summed E-state index contributed by atoms with van der Waals surface area (Å²) in [7, 11) is 0. The van der Waals surface area contributed by atoms with E-state index in [4.69, 9.17) is 10.2 Å². The van der Waals surface area contributed by atoms with Crippen LogP contribution in [0.2, 0.25) is 0 Å². The number of hydrogen-bond acceptors (Lipinski definition) is 4. The van der Waals surface area contributed by atoms with Crippen LogP contribution in [-0.2, 0) is 4.74 Å². The van der Waals surface area contributed by atoms with E-state index >= 15 is 0 Å². The summed E-state index contributed by atoms with van der Waals surface area (Å²) >= 11 is 0. The molecule has 5 heteroatoms. The van der Waals surface area contributed by atoms with Crippen molar-refractivity contribution < 1.29 is 19.7 Å². The Labute approximate surface area is 57.6 Å². The van der Waals surface area contributed by atoms with Gasteiger partial charge in [0, 0.05) is 12.5 Å². The van der Waals surface area contributed by atoms with Crippen LogP contribution in [0.15, 0.2) is 0 Å². The van der Waals surface area contributed by atoms with Gasteiger partial charge in [-0.2, -0.15) is 0 Å². The summed E-state index contributed by atoms with van der Waals surface area (Å²) in [4.78, 5) is 9.87. The maximum atomic E-state index is 9.87. The highest BCUT2D eigenvalue weighted by molar-refractivity contribution is 5.57. The number of rotatable bonds is 2. The largest absolute Gasteiger partial charge is 0.507 e. The highest BCUT2D eigenvalue weighted by Gasteiger charge is 2.30. The van der Waals surface area contributed by atoms with Crippen molar-refractivity contribution in [3.63, 3.8) is 0 Å². The average molecular weight is 147 g/mol. The number of hydrogen-bond donors (Lipinski definition) is 3. The molecule has 3 N–H and O–H groups in total. The summed E-state index contributed by atoms with van der Waals surface area (Å²) < 4.78 is 4.31. The first-order valence-corrected chi connectivity index (χ1v) is 2.99. The molecule has 1 fully saturated rings. The first kappa shape index (κ1) is 7.30. The predicted molar refractivity (Wildman–Crippen MR) is 31.5 cm³/mol. The molecule has 0 aromatic heterocycles.